The van der Waals surface area contributed by atoms with E-state index in [9.17, 15) is 0 Å². The molecule has 0 nitrogen and oxygen atoms in total. The molecule has 0 aromatic rings. The van der Waals surface area contributed by atoms with Crippen molar-refractivity contribution in [3.8, 4) is 0 Å². The summed E-state index contributed by atoms with van der Waals surface area (Å²) in [7, 11) is 0. The summed E-state index contributed by atoms with van der Waals surface area (Å²) in [5.74, 6) is 0. The molecule has 0 heterocycles. The zero-order valence-electron chi connectivity index (χ0n) is 9.76. The Hall–Kier alpha value is 0.259. The van der Waals surface area contributed by atoms with Crippen molar-refractivity contribution in [1.29, 1.82) is 0 Å². The van der Waals surface area contributed by atoms with Crippen molar-refractivity contribution in [1.82, 2.24) is 0 Å². The van der Waals surface area contributed by atoms with E-state index < -0.39 is 0 Å². The molecular weight excluding hydrogens is 235 g/mol. The molecular formula is C13H26Se. The van der Waals surface area contributed by atoms with E-state index in [0.717, 1.165) is 15.0 Å². The fourth-order valence-electron chi connectivity index (χ4n) is 1.50. The summed E-state index contributed by atoms with van der Waals surface area (Å²) in [4.78, 5) is 0. The normalized spacial score (nSPS) is 10.4. The SMILES string of the molecule is C=CC[Se]CCCCCCCCCC. The molecule has 0 aliphatic carbocycles. The van der Waals surface area contributed by atoms with Crippen LogP contribution in [0.3, 0.4) is 0 Å². The van der Waals surface area contributed by atoms with Crippen LogP contribution in [0.4, 0.5) is 0 Å². The summed E-state index contributed by atoms with van der Waals surface area (Å²) in [6.45, 7) is 6.03. The van der Waals surface area contributed by atoms with Gasteiger partial charge in [0.05, 0.1) is 0 Å². The molecule has 0 aromatic heterocycles. The Bertz CT molecular complexity index is 110. The van der Waals surface area contributed by atoms with Crippen molar-refractivity contribution in [2.45, 2.75) is 68.9 Å². The second-order valence-corrected chi connectivity index (χ2v) is 6.25. The average Bonchev–Trinajstić information content (AvgIpc) is 2.21. The van der Waals surface area contributed by atoms with Gasteiger partial charge in [0.1, 0.15) is 0 Å². The zero-order chi connectivity index (χ0) is 10.5. The minimum atomic E-state index is 0.851. The second-order valence-electron chi connectivity index (χ2n) is 3.84. The quantitative estimate of drug-likeness (QED) is 0.283. The summed E-state index contributed by atoms with van der Waals surface area (Å²) in [6.07, 6.45) is 13.6. The van der Waals surface area contributed by atoms with Crippen LogP contribution < -0.4 is 0 Å². The Morgan fingerprint density at radius 3 is 2.07 bits per heavy atom. The van der Waals surface area contributed by atoms with Gasteiger partial charge in [0.2, 0.25) is 0 Å². The predicted octanol–water partition coefficient (Wildman–Crippen LogP) is 4.85. The third kappa shape index (κ3) is 12.3. The maximum absolute atomic E-state index is 3.75. The van der Waals surface area contributed by atoms with Gasteiger partial charge < -0.3 is 0 Å². The van der Waals surface area contributed by atoms with Gasteiger partial charge in [0.25, 0.3) is 0 Å². The molecule has 0 aliphatic heterocycles. The van der Waals surface area contributed by atoms with Crippen LogP contribution in [0, 0.1) is 0 Å². The molecule has 0 N–H and O–H groups in total. The zero-order valence-corrected chi connectivity index (χ0v) is 11.5. The van der Waals surface area contributed by atoms with Gasteiger partial charge in [-0.15, -0.1) is 0 Å². The second kappa shape index (κ2) is 13.3. The Morgan fingerprint density at radius 1 is 0.929 bits per heavy atom. The predicted molar refractivity (Wildman–Crippen MR) is 68.2 cm³/mol. The molecule has 14 heavy (non-hydrogen) atoms. The van der Waals surface area contributed by atoms with Gasteiger partial charge >= 0.3 is 96.5 Å². The Kier molecular flexibility index (Phi) is 13.5. The van der Waals surface area contributed by atoms with E-state index in [4.69, 9.17) is 0 Å². The summed E-state index contributed by atoms with van der Waals surface area (Å²) < 4.78 is 0. The van der Waals surface area contributed by atoms with Gasteiger partial charge in [-0.3, -0.25) is 0 Å². The van der Waals surface area contributed by atoms with Gasteiger partial charge in [0, 0.05) is 0 Å². The van der Waals surface area contributed by atoms with Crippen molar-refractivity contribution in [3.63, 3.8) is 0 Å². The molecule has 0 radical (unpaired) electrons. The summed E-state index contributed by atoms with van der Waals surface area (Å²) in [5.41, 5.74) is 0. The van der Waals surface area contributed by atoms with E-state index in [2.05, 4.69) is 19.6 Å². The van der Waals surface area contributed by atoms with Crippen molar-refractivity contribution >= 4 is 15.0 Å². The summed E-state index contributed by atoms with van der Waals surface area (Å²) in [5, 5.41) is 2.73. The molecule has 0 aromatic carbocycles. The van der Waals surface area contributed by atoms with E-state index in [0.29, 0.717) is 0 Å². The van der Waals surface area contributed by atoms with Crippen molar-refractivity contribution in [2.24, 2.45) is 0 Å². The molecule has 0 rings (SSSR count). The van der Waals surface area contributed by atoms with Crippen LogP contribution in [-0.4, -0.2) is 15.0 Å². The minimum absolute atomic E-state index is 0.851. The molecule has 84 valence electrons. The van der Waals surface area contributed by atoms with Gasteiger partial charge in [0.15, 0.2) is 0 Å². The fourth-order valence-corrected chi connectivity index (χ4v) is 3.06. The molecule has 0 atom stereocenters. The molecule has 0 fully saturated rings. The van der Waals surface area contributed by atoms with E-state index in [-0.39, 0.29) is 0 Å². The van der Waals surface area contributed by atoms with Gasteiger partial charge in [-0.25, -0.2) is 0 Å². The molecule has 0 saturated heterocycles. The van der Waals surface area contributed by atoms with Gasteiger partial charge in [-0.05, 0) is 0 Å². The average molecular weight is 261 g/mol. The number of rotatable bonds is 11. The van der Waals surface area contributed by atoms with Gasteiger partial charge in [-0.2, -0.15) is 0 Å². The molecule has 0 bridgehead atoms. The molecule has 0 unspecified atom stereocenters. The molecule has 1 heteroatoms. The van der Waals surface area contributed by atoms with Crippen LogP contribution >= 0.6 is 0 Å². The third-order valence-electron chi connectivity index (χ3n) is 2.38. The Balaban J connectivity index is 2.81. The van der Waals surface area contributed by atoms with Crippen LogP contribution in [0.1, 0.15) is 58.3 Å². The van der Waals surface area contributed by atoms with E-state index in [1.54, 1.807) is 0 Å². The first-order valence-corrected chi connectivity index (χ1v) is 8.52. The molecule has 0 saturated carbocycles. The van der Waals surface area contributed by atoms with Crippen LogP contribution in [0.5, 0.6) is 0 Å². The monoisotopic (exact) mass is 262 g/mol. The van der Waals surface area contributed by atoms with Crippen molar-refractivity contribution in [2.75, 3.05) is 0 Å². The number of unbranched alkanes of at least 4 members (excludes halogenated alkanes) is 7. The van der Waals surface area contributed by atoms with Crippen molar-refractivity contribution < 1.29 is 0 Å². The molecule has 0 spiro atoms. The van der Waals surface area contributed by atoms with Crippen molar-refractivity contribution in [3.05, 3.63) is 12.7 Å². The van der Waals surface area contributed by atoms with Crippen LogP contribution in [0.25, 0.3) is 0 Å². The fraction of sp³-hybridized carbons (Fsp3) is 0.846. The van der Waals surface area contributed by atoms with Crippen LogP contribution in [0.2, 0.25) is 10.6 Å². The van der Waals surface area contributed by atoms with E-state index in [1.807, 2.05) is 0 Å². The molecule has 0 amide bonds. The van der Waals surface area contributed by atoms with E-state index >= 15 is 0 Å². The van der Waals surface area contributed by atoms with Gasteiger partial charge in [-0.1, -0.05) is 0 Å². The van der Waals surface area contributed by atoms with Crippen LogP contribution in [-0.2, 0) is 0 Å². The standard InChI is InChI=1S/C13H26Se/c1-3-5-6-7-8-9-10-11-13-14-12-4-2/h4H,2-3,5-13H2,1H3. The number of allylic oxidation sites excluding steroid dienone is 1. The Labute approximate surface area is 96.7 Å². The Morgan fingerprint density at radius 2 is 1.50 bits per heavy atom. The van der Waals surface area contributed by atoms with E-state index in [1.165, 1.54) is 62.0 Å². The number of hydrogen-bond donors (Lipinski definition) is 0. The maximum atomic E-state index is 3.75. The first-order chi connectivity index (χ1) is 6.91. The topological polar surface area (TPSA) is 0 Å². The summed E-state index contributed by atoms with van der Waals surface area (Å²) >= 11 is 0.851. The van der Waals surface area contributed by atoms with Crippen LogP contribution in [0.15, 0.2) is 12.7 Å². The first kappa shape index (κ1) is 14.3. The summed E-state index contributed by atoms with van der Waals surface area (Å²) in [6, 6.07) is 0. The molecule has 0 aliphatic rings. The first-order valence-electron chi connectivity index (χ1n) is 6.10. The third-order valence-corrected chi connectivity index (χ3v) is 4.58. The number of hydrogen-bond acceptors (Lipinski definition) is 0.